The molecule has 1 aliphatic rings. The first-order valence-corrected chi connectivity index (χ1v) is 10.8. The van der Waals surface area contributed by atoms with E-state index in [0.29, 0.717) is 54.0 Å². The molecule has 0 saturated carbocycles. The monoisotopic (exact) mass is 445 g/mol. The molecule has 0 aliphatic carbocycles. The predicted molar refractivity (Wildman–Crippen MR) is 118 cm³/mol. The third kappa shape index (κ3) is 4.63. The van der Waals surface area contributed by atoms with E-state index in [9.17, 15) is 9.18 Å². The summed E-state index contributed by atoms with van der Waals surface area (Å²) in [7, 11) is 3.18. The lowest BCUT2D eigenvalue weighted by molar-refractivity contribution is 0.0391. The number of anilines is 1. The van der Waals surface area contributed by atoms with Crippen molar-refractivity contribution in [2.24, 2.45) is 0 Å². The molecule has 0 N–H and O–H groups in total. The Bertz CT molecular complexity index is 1010. The molecule has 3 aromatic rings. The summed E-state index contributed by atoms with van der Waals surface area (Å²) in [6.07, 6.45) is 0. The van der Waals surface area contributed by atoms with Gasteiger partial charge in [0.25, 0.3) is 5.91 Å². The van der Waals surface area contributed by atoms with Gasteiger partial charge in [-0.3, -0.25) is 14.6 Å². The van der Waals surface area contributed by atoms with Crippen LogP contribution in [0, 0.1) is 5.82 Å². The zero-order valence-electron chi connectivity index (χ0n) is 17.5. The number of morpholine rings is 1. The van der Waals surface area contributed by atoms with Crippen molar-refractivity contribution in [3.8, 4) is 11.5 Å². The molecule has 0 bridgehead atoms. The van der Waals surface area contributed by atoms with Crippen molar-refractivity contribution in [2.45, 2.75) is 0 Å². The van der Waals surface area contributed by atoms with Crippen molar-refractivity contribution in [1.82, 2.24) is 9.88 Å². The highest BCUT2D eigenvalue weighted by atomic mass is 32.1. The van der Waals surface area contributed by atoms with E-state index < -0.39 is 0 Å². The second kappa shape index (κ2) is 9.59. The maximum absolute atomic E-state index is 13.4. The van der Waals surface area contributed by atoms with E-state index in [-0.39, 0.29) is 11.7 Å². The van der Waals surface area contributed by atoms with Crippen LogP contribution in [0.15, 0.2) is 36.4 Å². The maximum Gasteiger partial charge on any atom is 0.260 e. The summed E-state index contributed by atoms with van der Waals surface area (Å²) >= 11 is 1.37. The second-order valence-corrected chi connectivity index (χ2v) is 8.04. The molecular weight excluding hydrogens is 421 g/mol. The third-order valence-electron chi connectivity index (χ3n) is 5.21. The molecule has 1 amide bonds. The van der Waals surface area contributed by atoms with Crippen LogP contribution in [-0.2, 0) is 4.74 Å². The summed E-state index contributed by atoms with van der Waals surface area (Å²) in [5.74, 6) is 0.665. The van der Waals surface area contributed by atoms with Crippen molar-refractivity contribution < 1.29 is 23.4 Å². The number of ether oxygens (including phenoxy) is 3. The van der Waals surface area contributed by atoms with Crippen LogP contribution in [0.2, 0.25) is 0 Å². The molecule has 2 heterocycles. The van der Waals surface area contributed by atoms with Gasteiger partial charge in [-0.05, 0) is 36.4 Å². The molecule has 1 aliphatic heterocycles. The number of amides is 1. The third-order valence-corrected chi connectivity index (χ3v) is 6.30. The summed E-state index contributed by atoms with van der Waals surface area (Å²) in [5, 5.41) is 0.542. The molecule has 0 spiro atoms. The van der Waals surface area contributed by atoms with Gasteiger partial charge in [0.1, 0.15) is 27.5 Å². The van der Waals surface area contributed by atoms with Gasteiger partial charge in [-0.2, -0.15) is 0 Å². The lowest BCUT2D eigenvalue weighted by Gasteiger charge is -2.29. The molecule has 1 saturated heterocycles. The highest BCUT2D eigenvalue weighted by Crippen LogP contribution is 2.40. The smallest absolute Gasteiger partial charge is 0.260 e. The van der Waals surface area contributed by atoms with Gasteiger partial charge in [0, 0.05) is 31.7 Å². The molecule has 0 radical (unpaired) electrons. The lowest BCUT2D eigenvalue weighted by atomic mass is 10.2. The van der Waals surface area contributed by atoms with Crippen molar-refractivity contribution in [2.75, 3.05) is 58.5 Å². The van der Waals surface area contributed by atoms with Crippen molar-refractivity contribution in [3.63, 3.8) is 0 Å². The highest BCUT2D eigenvalue weighted by Gasteiger charge is 2.24. The Hall–Kier alpha value is -2.75. The molecule has 0 unspecified atom stereocenters. The molecule has 1 aromatic heterocycles. The van der Waals surface area contributed by atoms with Crippen LogP contribution >= 0.6 is 11.3 Å². The number of carbonyl (C=O) groups is 1. The molecule has 0 atom stereocenters. The Kier molecular flexibility index (Phi) is 6.64. The minimum absolute atomic E-state index is 0.231. The van der Waals surface area contributed by atoms with Gasteiger partial charge in [0.2, 0.25) is 0 Å². The Morgan fingerprint density at radius 1 is 1.13 bits per heavy atom. The van der Waals surface area contributed by atoms with Crippen LogP contribution < -0.4 is 14.4 Å². The normalized spacial score (nSPS) is 14.5. The van der Waals surface area contributed by atoms with Crippen molar-refractivity contribution in [3.05, 3.63) is 47.8 Å². The lowest BCUT2D eigenvalue weighted by Crippen LogP contribution is -2.43. The van der Waals surface area contributed by atoms with E-state index in [1.165, 1.54) is 35.6 Å². The second-order valence-electron chi connectivity index (χ2n) is 7.06. The Labute approximate surface area is 183 Å². The number of hydrogen-bond acceptors (Lipinski definition) is 7. The van der Waals surface area contributed by atoms with Crippen LogP contribution in [0.4, 0.5) is 9.52 Å². The number of thiazole rings is 1. The number of nitrogens with zero attached hydrogens (tertiary/aromatic N) is 3. The predicted octanol–water partition coefficient (Wildman–Crippen LogP) is 3.43. The van der Waals surface area contributed by atoms with Gasteiger partial charge in [-0.1, -0.05) is 11.3 Å². The van der Waals surface area contributed by atoms with Crippen LogP contribution in [-0.4, -0.2) is 69.4 Å². The first-order chi connectivity index (χ1) is 15.1. The highest BCUT2D eigenvalue weighted by molar-refractivity contribution is 7.22. The minimum Gasteiger partial charge on any atom is -0.495 e. The van der Waals surface area contributed by atoms with E-state index in [1.54, 1.807) is 25.2 Å². The summed E-state index contributed by atoms with van der Waals surface area (Å²) in [5.41, 5.74) is 1.05. The van der Waals surface area contributed by atoms with Gasteiger partial charge in [0.15, 0.2) is 5.13 Å². The number of aromatic nitrogens is 1. The van der Waals surface area contributed by atoms with Crippen molar-refractivity contribution >= 4 is 32.6 Å². The van der Waals surface area contributed by atoms with E-state index in [0.717, 1.165) is 17.8 Å². The first kappa shape index (κ1) is 21.5. The van der Waals surface area contributed by atoms with Crippen LogP contribution in [0.3, 0.4) is 0 Å². The van der Waals surface area contributed by atoms with Crippen LogP contribution in [0.1, 0.15) is 10.4 Å². The molecule has 2 aromatic carbocycles. The summed E-state index contributed by atoms with van der Waals surface area (Å²) in [6.45, 7) is 4.13. The standard InChI is InChI=1S/C22H24FN3O4S/c1-28-17-7-8-18(29-2)20-19(17)24-22(31-20)26(10-9-25-11-13-30-14-12-25)21(27)15-3-5-16(23)6-4-15/h3-8H,9-14H2,1-2H3. The molecule has 9 heteroatoms. The number of methoxy groups -OCH3 is 2. The molecule has 31 heavy (non-hydrogen) atoms. The Morgan fingerprint density at radius 3 is 2.48 bits per heavy atom. The van der Waals surface area contributed by atoms with E-state index in [2.05, 4.69) is 4.90 Å². The summed E-state index contributed by atoms with van der Waals surface area (Å²) in [6, 6.07) is 9.19. The average molecular weight is 446 g/mol. The zero-order valence-corrected chi connectivity index (χ0v) is 18.3. The summed E-state index contributed by atoms with van der Waals surface area (Å²) in [4.78, 5) is 22.0. The van der Waals surface area contributed by atoms with Crippen LogP contribution in [0.25, 0.3) is 10.2 Å². The van der Waals surface area contributed by atoms with Gasteiger partial charge in [-0.25, -0.2) is 9.37 Å². The summed E-state index contributed by atoms with van der Waals surface area (Å²) < 4.78 is 30.5. The van der Waals surface area contributed by atoms with Gasteiger partial charge in [-0.15, -0.1) is 0 Å². The number of halogens is 1. The fraction of sp³-hybridized carbons (Fsp3) is 0.364. The topological polar surface area (TPSA) is 64.1 Å². The maximum atomic E-state index is 13.4. The molecule has 164 valence electrons. The van der Waals surface area contributed by atoms with Gasteiger partial charge < -0.3 is 14.2 Å². The van der Waals surface area contributed by atoms with Crippen LogP contribution in [0.5, 0.6) is 11.5 Å². The largest absolute Gasteiger partial charge is 0.495 e. The molecule has 7 nitrogen and oxygen atoms in total. The Balaban J connectivity index is 1.70. The number of rotatable bonds is 7. The van der Waals surface area contributed by atoms with E-state index >= 15 is 0 Å². The minimum atomic E-state index is -0.383. The molecular formula is C22H24FN3O4S. The van der Waals surface area contributed by atoms with E-state index in [4.69, 9.17) is 19.2 Å². The SMILES string of the molecule is COc1ccc(OC)c2sc(N(CCN3CCOCC3)C(=O)c3ccc(F)cc3)nc12. The number of benzene rings is 2. The van der Waals surface area contributed by atoms with Crippen molar-refractivity contribution in [1.29, 1.82) is 0 Å². The number of fused-ring (bicyclic) bond motifs is 1. The fourth-order valence-corrected chi connectivity index (χ4v) is 4.59. The molecule has 1 fully saturated rings. The van der Waals surface area contributed by atoms with E-state index in [1.807, 2.05) is 6.07 Å². The first-order valence-electron chi connectivity index (χ1n) is 9.99. The quantitative estimate of drug-likeness (QED) is 0.555. The fourth-order valence-electron chi connectivity index (χ4n) is 3.49. The Morgan fingerprint density at radius 2 is 1.81 bits per heavy atom. The average Bonchev–Trinajstić information content (AvgIpc) is 3.24. The number of hydrogen-bond donors (Lipinski definition) is 0. The molecule has 4 rings (SSSR count). The van der Waals surface area contributed by atoms with Gasteiger partial charge in [0.05, 0.1) is 27.4 Å². The number of carbonyl (C=O) groups excluding carboxylic acids is 1. The van der Waals surface area contributed by atoms with Gasteiger partial charge >= 0.3 is 0 Å². The zero-order chi connectivity index (χ0) is 21.8.